The second-order valence-corrected chi connectivity index (χ2v) is 4.70. The van der Waals surface area contributed by atoms with E-state index in [9.17, 15) is 0 Å². The first-order valence-electron chi connectivity index (χ1n) is 6.62. The van der Waals surface area contributed by atoms with Gasteiger partial charge in [0.05, 0.1) is 11.4 Å². The molecule has 0 amide bonds. The summed E-state index contributed by atoms with van der Waals surface area (Å²) < 4.78 is 11.2. The molecule has 1 aliphatic heterocycles. The lowest BCUT2D eigenvalue weighted by Crippen LogP contribution is -2.15. The van der Waals surface area contributed by atoms with Gasteiger partial charge >= 0.3 is 0 Å². The topological polar surface area (TPSA) is 56.3 Å². The first-order valence-corrected chi connectivity index (χ1v) is 6.62. The van der Waals surface area contributed by atoms with E-state index in [1.807, 2.05) is 39.1 Å². The summed E-state index contributed by atoms with van der Waals surface area (Å²) in [7, 11) is 1.85. The molecule has 2 aromatic rings. The summed E-state index contributed by atoms with van der Waals surface area (Å²) in [6, 6.07) is 5.85. The van der Waals surface area contributed by atoms with Crippen LogP contribution in [0.5, 0.6) is 11.5 Å². The number of hydrogen-bond acceptors (Lipinski definition) is 5. The molecule has 1 aliphatic rings. The lowest BCUT2D eigenvalue weighted by atomic mass is 10.1. The van der Waals surface area contributed by atoms with Crippen molar-refractivity contribution in [1.29, 1.82) is 0 Å². The summed E-state index contributed by atoms with van der Waals surface area (Å²) >= 11 is 0. The molecule has 1 aromatic carbocycles. The summed E-state index contributed by atoms with van der Waals surface area (Å²) in [5.74, 6) is 2.31. The third-order valence-electron chi connectivity index (χ3n) is 3.36. The first-order chi connectivity index (χ1) is 9.69. The summed E-state index contributed by atoms with van der Waals surface area (Å²) in [5, 5.41) is 3.10. The van der Waals surface area contributed by atoms with Crippen molar-refractivity contribution in [2.45, 2.75) is 13.8 Å². The molecule has 0 saturated carbocycles. The van der Waals surface area contributed by atoms with Crippen molar-refractivity contribution in [2.24, 2.45) is 0 Å². The predicted molar refractivity (Wildman–Crippen MR) is 77.5 cm³/mol. The average Bonchev–Trinajstić information content (AvgIpc) is 2.49. The Morgan fingerprint density at radius 2 is 1.70 bits per heavy atom. The standard InChI is InChI=1S/C15H17N3O2/c1-9-10(2)18-15(16-3)14(17-9)11-4-5-12-13(8-11)20-7-6-19-12/h4-5,8H,6-7H2,1-3H3,(H,16,18). The normalized spacial score (nSPS) is 13.2. The highest BCUT2D eigenvalue weighted by atomic mass is 16.6. The molecule has 0 bridgehead atoms. The fraction of sp³-hybridized carbons (Fsp3) is 0.333. The van der Waals surface area contributed by atoms with E-state index in [0.29, 0.717) is 13.2 Å². The van der Waals surface area contributed by atoms with E-state index < -0.39 is 0 Å². The number of aryl methyl sites for hydroxylation is 2. The predicted octanol–water partition coefficient (Wildman–Crippen LogP) is 2.57. The number of rotatable bonds is 2. The molecule has 1 N–H and O–H groups in total. The van der Waals surface area contributed by atoms with Gasteiger partial charge in [0, 0.05) is 12.6 Å². The van der Waals surface area contributed by atoms with Gasteiger partial charge in [0.1, 0.15) is 18.9 Å². The Labute approximate surface area is 118 Å². The van der Waals surface area contributed by atoms with Gasteiger partial charge in [0.25, 0.3) is 0 Å². The van der Waals surface area contributed by atoms with Crippen LogP contribution in [0.1, 0.15) is 11.4 Å². The van der Waals surface area contributed by atoms with Crippen LogP contribution in [0, 0.1) is 13.8 Å². The molecule has 1 aromatic heterocycles. The zero-order valence-electron chi connectivity index (χ0n) is 11.9. The lowest BCUT2D eigenvalue weighted by Gasteiger charge is -2.19. The molecule has 3 rings (SSSR count). The number of fused-ring (bicyclic) bond motifs is 1. The van der Waals surface area contributed by atoms with Crippen molar-refractivity contribution in [3.63, 3.8) is 0 Å². The summed E-state index contributed by atoms with van der Waals surface area (Å²) in [6.07, 6.45) is 0. The molecule has 0 unspecified atom stereocenters. The van der Waals surface area contributed by atoms with Crippen molar-refractivity contribution in [2.75, 3.05) is 25.6 Å². The van der Waals surface area contributed by atoms with Crippen LogP contribution in [-0.4, -0.2) is 30.2 Å². The Morgan fingerprint density at radius 1 is 1.00 bits per heavy atom. The third-order valence-corrected chi connectivity index (χ3v) is 3.36. The molecule has 0 radical (unpaired) electrons. The second-order valence-electron chi connectivity index (χ2n) is 4.70. The highest BCUT2D eigenvalue weighted by Crippen LogP contribution is 2.35. The minimum atomic E-state index is 0.577. The van der Waals surface area contributed by atoms with E-state index >= 15 is 0 Å². The Kier molecular flexibility index (Phi) is 3.18. The maximum atomic E-state index is 5.62. The van der Waals surface area contributed by atoms with Crippen LogP contribution in [0.2, 0.25) is 0 Å². The van der Waals surface area contributed by atoms with Crippen LogP contribution in [-0.2, 0) is 0 Å². The molecule has 0 fully saturated rings. The van der Waals surface area contributed by atoms with Crippen molar-refractivity contribution < 1.29 is 9.47 Å². The second kappa shape index (κ2) is 5.00. The number of hydrogen-bond donors (Lipinski definition) is 1. The quantitative estimate of drug-likeness (QED) is 0.909. The Balaban J connectivity index is 2.11. The fourth-order valence-electron chi connectivity index (χ4n) is 2.17. The minimum absolute atomic E-state index is 0.577. The zero-order chi connectivity index (χ0) is 14.1. The van der Waals surface area contributed by atoms with Gasteiger partial charge in [-0.3, -0.25) is 0 Å². The van der Waals surface area contributed by atoms with Crippen molar-refractivity contribution in [1.82, 2.24) is 9.97 Å². The van der Waals surface area contributed by atoms with Gasteiger partial charge in [-0.25, -0.2) is 9.97 Å². The van der Waals surface area contributed by atoms with Crippen LogP contribution in [0.3, 0.4) is 0 Å². The average molecular weight is 271 g/mol. The summed E-state index contributed by atoms with van der Waals surface area (Å²) in [5.41, 5.74) is 3.64. The first kappa shape index (κ1) is 12.7. The molecule has 5 heteroatoms. The van der Waals surface area contributed by atoms with Gasteiger partial charge in [0.15, 0.2) is 17.3 Å². The van der Waals surface area contributed by atoms with E-state index in [1.165, 1.54) is 0 Å². The van der Waals surface area contributed by atoms with Gasteiger partial charge in [-0.1, -0.05) is 0 Å². The Morgan fingerprint density at radius 3 is 2.45 bits per heavy atom. The summed E-state index contributed by atoms with van der Waals surface area (Å²) in [6.45, 7) is 5.09. The Hall–Kier alpha value is -2.30. The van der Waals surface area contributed by atoms with Crippen LogP contribution < -0.4 is 14.8 Å². The SMILES string of the molecule is CNc1nc(C)c(C)nc1-c1ccc2c(c1)OCCO2. The molecule has 104 valence electrons. The van der Waals surface area contributed by atoms with Crippen LogP contribution in [0.15, 0.2) is 18.2 Å². The molecule has 5 nitrogen and oxygen atoms in total. The van der Waals surface area contributed by atoms with Crippen LogP contribution in [0.25, 0.3) is 11.3 Å². The molecule has 0 spiro atoms. The highest BCUT2D eigenvalue weighted by Gasteiger charge is 2.16. The zero-order valence-corrected chi connectivity index (χ0v) is 11.9. The number of anilines is 1. The molecule has 2 heterocycles. The van der Waals surface area contributed by atoms with Gasteiger partial charge in [-0.15, -0.1) is 0 Å². The van der Waals surface area contributed by atoms with Gasteiger partial charge in [-0.05, 0) is 32.0 Å². The van der Waals surface area contributed by atoms with Crippen molar-refractivity contribution >= 4 is 5.82 Å². The van der Waals surface area contributed by atoms with Crippen LogP contribution in [0.4, 0.5) is 5.82 Å². The van der Waals surface area contributed by atoms with E-state index in [4.69, 9.17) is 9.47 Å². The maximum absolute atomic E-state index is 5.62. The van der Waals surface area contributed by atoms with E-state index in [-0.39, 0.29) is 0 Å². The van der Waals surface area contributed by atoms with Crippen LogP contribution >= 0.6 is 0 Å². The molecular formula is C15H17N3O2. The maximum Gasteiger partial charge on any atom is 0.162 e. The highest BCUT2D eigenvalue weighted by molar-refractivity contribution is 5.73. The third kappa shape index (κ3) is 2.15. The number of nitrogens with zero attached hydrogens (tertiary/aromatic N) is 2. The monoisotopic (exact) mass is 271 g/mol. The molecule has 0 saturated heterocycles. The number of ether oxygens (including phenoxy) is 2. The van der Waals surface area contributed by atoms with E-state index in [2.05, 4.69) is 15.3 Å². The minimum Gasteiger partial charge on any atom is -0.486 e. The van der Waals surface area contributed by atoms with Gasteiger partial charge in [0.2, 0.25) is 0 Å². The van der Waals surface area contributed by atoms with Crippen molar-refractivity contribution in [3.05, 3.63) is 29.6 Å². The number of aromatic nitrogens is 2. The number of benzene rings is 1. The molecule has 20 heavy (non-hydrogen) atoms. The van der Waals surface area contributed by atoms with E-state index in [1.54, 1.807) is 0 Å². The molecule has 0 aliphatic carbocycles. The van der Waals surface area contributed by atoms with E-state index in [0.717, 1.165) is 40.0 Å². The molecular weight excluding hydrogens is 254 g/mol. The summed E-state index contributed by atoms with van der Waals surface area (Å²) in [4.78, 5) is 9.18. The largest absolute Gasteiger partial charge is 0.486 e. The van der Waals surface area contributed by atoms with Crippen molar-refractivity contribution in [3.8, 4) is 22.8 Å². The van der Waals surface area contributed by atoms with Gasteiger partial charge < -0.3 is 14.8 Å². The Bertz CT molecular complexity index is 656. The smallest absolute Gasteiger partial charge is 0.162 e. The fourth-order valence-corrected chi connectivity index (χ4v) is 2.17. The number of nitrogens with one attached hydrogen (secondary N) is 1. The lowest BCUT2D eigenvalue weighted by molar-refractivity contribution is 0.171. The molecule has 0 atom stereocenters. The van der Waals surface area contributed by atoms with Gasteiger partial charge in [-0.2, -0.15) is 0 Å².